The molecule has 22 saturated heterocycles. The first-order valence-electron chi connectivity index (χ1n) is 23.5. The molecule has 0 spiro atoms. The standard InChI is InChI=1S/C36H59O30.C5H5N3O.Na/c37-1-7-25-13(43)19(49)31(55-7)62-26-8(2-38)57-33(21(51)15(26)45)64-28-10(4-40)59-35(23(53)17(28)47)66-30-12(6-42)60-36(24(54)18(30)48)65-29-11(5-41)58-34(22(52)16(29)46)63-27-9(3-39)56-32(61-25)20(50)14(27)44;9-8-7-5-3-1-2-4-6-5;/h7-41,43-54H,1-6H2;1-4H,(H,6,7,9);/q-1;;+1. The van der Waals surface area contributed by atoms with Crippen molar-refractivity contribution in [2.75, 3.05) is 45.1 Å². The van der Waals surface area contributed by atoms with E-state index in [0.29, 0.717) is 5.82 Å². The van der Waals surface area contributed by atoms with E-state index in [1.165, 1.54) is 0 Å². The van der Waals surface area contributed by atoms with Crippen molar-refractivity contribution in [3.63, 3.8) is 0 Å². The molecule has 1 aromatic heterocycles. The summed E-state index contributed by atoms with van der Waals surface area (Å²) in [6, 6.07) is 5.18. The molecule has 30 unspecified atom stereocenters. The van der Waals surface area contributed by atoms with Crippen LogP contribution in [0.4, 0.5) is 5.82 Å². The summed E-state index contributed by atoms with van der Waals surface area (Å²) in [5, 5.41) is 200. The van der Waals surface area contributed by atoms with Gasteiger partial charge in [-0.1, -0.05) is 6.07 Å². The average Bonchev–Trinajstić information content (AvgIpc) is 3.41. The minimum Gasteiger partial charge on any atom is -0.853 e. The molecule has 1 aromatic rings. The zero-order chi connectivity index (χ0) is 54.6. The molecular weight excluding hydrogens is 1050 g/mol. The molecule has 30 atom stereocenters. The molecule has 34 nitrogen and oxygen atoms in total. The summed E-state index contributed by atoms with van der Waals surface area (Å²) in [7, 11) is 0. The van der Waals surface area contributed by atoms with Crippen LogP contribution in [0.2, 0.25) is 0 Å². The number of rotatable bonds is 8. The van der Waals surface area contributed by atoms with Gasteiger partial charge in [-0.25, -0.2) is 10.4 Å². The van der Waals surface area contributed by atoms with Gasteiger partial charge in [-0.15, -0.1) is 11.5 Å². The summed E-state index contributed by atoms with van der Waals surface area (Å²) in [5.74, 6) is 0.465. The third kappa shape index (κ3) is 13.5. The molecule has 18 N–H and O–H groups in total. The molecule has 12 bridgehead atoms. The van der Waals surface area contributed by atoms with Gasteiger partial charge in [-0.05, 0) is 12.1 Å². The van der Waals surface area contributed by atoms with Crippen LogP contribution in [0.1, 0.15) is 0 Å². The smallest absolute Gasteiger partial charge is 0.853 e. The Morgan fingerprint density at radius 1 is 0.395 bits per heavy atom. The Morgan fingerprint density at radius 3 is 0.829 bits per heavy atom. The Labute approximate surface area is 451 Å². The van der Waals surface area contributed by atoms with Crippen LogP contribution in [0.3, 0.4) is 0 Å². The Morgan fingerprint density at radius 2 is 0.632 bits per heavy atom. The van der Waals surface area contributed by atoms with E-state index in [0.717, 1.165) is 0 Å². The molecular formula is C41H64N3NaO31. The maximum atomic E-state index is 12.4. The van der Waals surface area contributed by atoms with Crippen molar-refractivity contribution >= 4 is 5.82 Å². The summed E-state index contributed by atoms with van der Waals surface area (Å²) in [6.07, 6.45) is -57.4. The van der Waals surface area contributed by atoms with Crippen molar-refractivity contribution in [3.8, 4) is 0 Å². The minimum absolute atomic E-state index is 0. The summed E-state index contributed by atoms with van der Waals surface area (Å²) in [6.45, 7) is -6.28. The van der Waals surface area contributed by atoms with Crippen LogP contribution in [0.15, 0.2) is 29.7 Å². The van der Waals surface area contributed by atoms with Gasteiger partial charge < -0.3 is 149 Å². The van der Waals surface area contributed by atoms with E-state index < -0.39 is 224 Å². The third-order valence-corrected chi connectivity index (χ3v) is 13.5. The van der Waals surface area contributed by atoms with E-state index in [2.05, 4.69) is 15.7 Å². The summed E-state index contributed by atoms with van der Waals surface area (Å²) in [4.78, 5) is 13.3. The first-order valence-corrected chi connectivity index (χ1v) is 23.5. The van der Waals surface area contributed by atoms with Gasteiger partial charge in [-0.2, -0.15) is 0 Å². The van der Waals surface area contributed by atoms with Crippen molar-refractivity contribution in [1.29, 1.82) is 0 Å². The molecule has 0 amide bonds. The molecule has 22 fully saturated rings. The fourth-order valence-electron chi connectivity index (χ4n) is 9.39. The van der Waals surface area contributed by atoms with Gasteiger partial charge >= 0.3 is 29.6 Å². The normalized spacial score (nSPS) is 49.1. The predicted molar refractivity (Wildman–Crippen MR) is 227 cm³/mol. The number of nitrogens with zero attached hydrogens (tertiary/aromatic N) is 2. The van der Waals surface area contributed by atoms with Gasteiger partial charge in [0.25, 0.3) is 0 Å². The molecule has 0 radical (unpaired) electrons. The van der Waals surface area contributed by atoms with E-state index in [-0.39, 0.29) is 29.6 Å². The van der Waals surface area contributed by atoms with Gasteiger partial charge in [0.05, 0.1) is 44.4 Å². The largest absolute Gasteiger partial charge is 1.00 e. The van der Waals surface area contributed by atoms with Gasteiger partial charge in [0.1, 0.15) is 146 Å². The van der Waals surface area contributed by atoms with Crippen molar-refractivity contribution in [2.24, 2.45) is 5.29 Å². The molecule has 0 aliphatic carbocycles. The molecule has 22 aliphatic heterocycles. The monoisotopic (exact) mass is 1120 g/mol. The number of hydrogen-bond donors (Lipinski definition) is 18. The number of ether oxygens (including phenoxy) is 12. The maximum absolute atomic E-state index is 12.4. The number of anilines is 1. The fourth-order valence-corrected chi connectivity index (χ4v) is 9.39. The molecule has 0 saturated carbocycles. The van der Waals surface area contributed by atoms with Gasteiger partial charge in [0.2, 0.25) is 0 Å². The molecule has 35 heteroatoms. The van der Waals surface area contributed by atoms with Crippen LogP contribution < -0.4 is 40.1 Å². The Hall–Kier alpha value is -1.65. The second-order valence-corrected chi connectivity index (χ2v) is 18.2. The van der Waals surface area contributed by atoms with Crippen LogP contribution in [0, 0.1) is 4.91 Å². The van der Waals surface area contributed by atoms with Crippen molar-refractivity contribution in [3.05, 3.63) is 29.3 Å². The number of aliphatic hydroxyl groups excluding tert-OH is 17. The van der Waals surface area contributed by atoms with Crippen molar-refractivity contribution < 1.29 is 178 Å². The van der Waals surface area contributed by atoms with Crippen LogP contribution in [0.25, 0.3) is 0 Å². The second kappa shape index (κ2) is 28.4. The van der Waals surface area contributed by atoms with Crippen LogP contribution in [-0.4, -0.2) is 316 Å². The van der Waals surface area contributed by atoms with Crippen LogP contribution >= 0.6 is 0 Å². The fraction of sp³-hybridized carbons (Fsp3) is 0.878. The average molecular weight is 1120 g/mol. The minimum atomic E-state index is -2.18. The van der Waals surface area contributed by atoms with Crippen LogP contribution in [-0.2, 0) is 56.8 Å². The van der Waals surface area contributed by atoms with Crippen LogP contribution in [0.5, 0.6) is 0 Å². The van der Waals surface area contributed by atoms with Crippen molar-refractivity contribution in [2.45, 2.75) is 184 Å². The molecule has 0 aromatic carbocycles. The third-order valence-electron chi connectivity index (χ3n) is 13.5. The number of pyridine rings is 1. The first kappa shape index (κ1) is 63.5. The Bertz CT molecular complexity index is 1610. The number of hydrogen-bond acceptors (Lipinski definition) is 33. The van der Waals surface area contributed by atoms with Crippen molar-refractivity contribution in [1.82, 2.24) is 4.98 Å². The molecule has 430 valence electrons. The summed E-state index contributed by atoms with van der Waals surface area (Å²) >= 11 is 0. The van der Waals surface area contributed by atoms with E-state index in [4.69, 9.17) is 56.8 Å². The summed E-state index contributed by atoms with van der Waals surface area (Å²) in [5.41, 5.74) is 2.17. The topological polar surface area (TPSA) is 532 Å². The Kier molecular flexibility index (Phi) is 23.7. The Balaban J connectivity index is 0.000000849. The summed E-state index contributed by atoms with van der Waals surface area (Å²) < 4.78 is 67.7. The van der Waals surface area contributed by atoms with E-state index >= 15 is 0 Å². The van der Waals surface area contributed by atoms with Gasteiger partial charge in [-0.3, -0.25) is 0 Å². The predicted octanol–water partition coefficient (Wildman–Crippen LogP) is -15.5. The first-order chi connectivity index (χ1) is 35.9. The van der Waals surface area contributed by atoms with E-state index in [1.54, 1.807) is 24.4 Å². The maximum Gasteiger partial charge on any atom is 1.00 e. The van der Waals surface area contributed by atoms with Gasteiger partial charge in [0, 0.05) is 6.20 Å². The SMILES string of the molecule is O=NNc1ccccn1.[Na+].[O-]CC1OC2OC3C(CO)OC(OC4C(CO)OC(OC5C(CO)OC(OC6C(CO)OC(OC7C(CO)OC(OC1C(O)C2O)C(O)C7O)C(O)C6O)C(O)C5O)C(O)C4O)C(O)C3O. The second-order valence-electron chi connectivity index (χ2n) is 18.2. The zero-order valence-electron chi connectivity index (χ0n) is 40.1. The van der Waals surface area contributed by atoms with Gasteiger partial charge in [0.15, 0.2) is 37.7 Å². The van der Waals surface area contributed by atoms with E-state index in [9.17, 15) is 96.8 Å². The number of nitrogens with one attached hydrogen (secondary N) is 1. The number of aliphatic hydroxyl groups is 17. The van der Waals surface area contributed by atoms with E-state index in [1.807, 2.05) is 0 Å². The number of aromatic nitrogens is 1. The molecule has 22 aliphatic rings. The molecule has 23 rings (SSSR count). The molecule has 76 heavy (non-hydrogen) atoms. The molecule has 23 heterocycles. The zero-order valence-corrected chi connectivity index (χ0v) is 42.1. The number of nitroso groups, excluding NO2 is 1. The quantitative estimate of drug-likeness (QED) is 0.0653.